The van der Waals surface area contributed by atoms with Crippen LogP contribution in [-0.4, -0.2) is 31.6 Å². The molecule has 0 radical (unpaired) electrons. The smallest absolute Gasteiger partial charge is 0.234 e. The summed E-state index contributed by atoms with van der Waals surface area (Å²) in [6.07, 6.45) is 4.45. The molecule has 0 spiro atoms. The van der Waals surface area contributed by atoms with E-state index in [1.807, 2.05) is 65.6 Å². The SMILES string of the molecule is COc1cc2c(cc1OC)[C@@H](c1ccccc1Cl)N(C(=O)C1(c3ccc(Cl)cc3)CCCC1)CC2. The molecule has 0 N–H and O–H groups in total. The predicted octanol–water partition coefficient (Wildman–Crippen LogP) is 7.00. The van der Waals surface area contributed by atoms with Gasteiger partial charge in [0.05, 0.1) is 25.7 Å². The van der Waals surface area contributed by atoms with Crippen molar-refractivity contribution in [3.05, 3.63) is 93.0 Å². The number of methoxy groups -OCH3 is 2. The minimum Gasteiger partial charge on any atom is -0.493 e. The molecule has 0 bridgehead atoms. The molecule has 1 aliphatic heterocycles. The normalized spacial score (nSPS) is 18.7. The van der Waals surface area contributed by atoms with Gasteiger partial charge in [-0.1, -0.05) is 66.4 Å². The van der Waals surface area contributed by atoms with Gasteiger partial charge >= 0.3 is 0 Å². The van der Waals surface area contributed by atoms with Crippen molar-refractivity contribution >= 4 is 29.1 Å². The van der Waals surface area contributed by atoms with Crippen LogP contribution in [0.5, 0.6) is 11.5 Å². The van der Waals surface area contributed by atoms with Crippen LogP contribution in [0, 0.1) is 0 Å². The summed E-state index contributed by atoms with van der Waals surface area (Å²) in [5.41, 5.74) is 3.57. The summed E-state index contributed by atoms with van der Waals surface area (Å²) in [6, 6.07) is 19.3. The first kappa shape index (κ1) is 24.0. The molecule has 1 saturated carbocycles. The van der Waals surface area contributed by atoms with E-state index >= 15 is 0 Å². The molecule has 0 saturated heterocycles. The van der Waals surface area contributed by atoms with E-state index in [1.54, 1.807) is 14.2 Å². The monoisotopic (exact) mass is 509 g/mol. The van der Waals surface area contributed by atoms with Crippen molar-refractivity contribution in [3.63, 3.8) is 0 Å². The second-order valence-electron chi connectivity index (χ2n) is 9.37. The minimum atomic E-state index is -0.557. The topological polar surface area (TPSA) is 38.8 Å². The Kier molecular flexibility index (Phi) is 6.69. The zero-order valence-corrected chi connectivity index (χ0v) is 21.5. The number of benzene rings is 3. The molecule has 1 fully saturated rings. The van der Waals surface area contributed by atoms with Gasteiger partial charge in [0, 0.05) is 16.6 Å². The molecule has 3 aromatic carbocycles. The number of rotatable bonds is 5. The van der Waals surface area contributed by atoms with E-state index in [2.05, 4.69) is 0 Å². The Morgan fingerprint density at radius 3 is 2.23 bits per heavy atom. The first-order valence-corrected chi connectivity index (χ1v) is 12.8. The summed E-state index contributed by atoms with van der Waals surface area (Å²) in [5.74, 6) is 1.49. The molecule has 1 amide bonds. The molecule has 182 valence electrons. The van der Waals surface area contributed by atoms with Crippen LogP contribution < -0.4 is 9.47 Å². The highest BCUT2D eigenvalue weighted by atomic mass is 35.5. The van der Waals surface area contributed by atoms with Crippen LogP contribution in [0.2, 0.25) is 10.0 Å². The van der Waals surface area contributed by atoms with E-state index in [4.69, 9.17) is 32.7 Å². The summed E-state index contributed by atoms with van der Waals surface area (Å²) >= 11 is 12.9. The van der Waals surface area contributed by atoms with Gasteiger partial charge in [0.25, 0.3) is 0 Å². The maximum absolute atomic E-state index is 14.6. The lowest BCUT2D eigenvalue weighted by atomic mass is 9.76. The van der Waals surface area contributed by atoms with E-state index in [-0.39, 0.29) is 11.9 Å². The third kappa shape index (κ3) is 4.17. The van der Waals surface area contributed by atoms with E-state index in [0.29, 0.717) is 28.1 Å². The van der Waals surface area contributed by atoms with Gasteiger partial charge in [-0.05, 0) is 71.8 Å². The second-order valence-corrected chi connectivity index (χ2v) is 10.2. The lowest BCUT2D eigenvalue weighted by Gasteiger charge is -2.43. The first-order valence-electron chi connectivity index (χ1n) is 12.0. The number of ether oxygens (including phenoxy) is 2. The summed E-state index contributed by atoms with van der Waals surface area (Å²) in [5, 5.41) is 1.32. The molecule has 3 aromatic rings. The average Bonchev–Trinajstić information content (AvgIpc) is 3.39. The fourth-order valence-electron chi connectivity index (χ4n) is 5.85. The molecule has 5 rings (SSSR count). The molecule has 2 aliphatic rings. The molecule has 1 heterocycles. The van der Waals surface area contributed by atoms with Crippen LogP contribution in [0.25, 0.3) is 0 Å². The molecule has 6 heteroatoms. The zero-order chi connectivity index (χ0) is 24.6. The Balaban J connectivity index is 1.66. The molecular weight excluding hydrogens is 481 g/mol. The Morgan fingerprint density at radius 2 is 1.57 bits per heavy atom. The highest BCUT2D eigenvalue weighted by Gasteiger charge is 2.48. The van der Waals surface area contributed by atoms with Gasteiger partial charge in [-0.2, -0.15) is 0 Å². The van der Waals surface area contributed by atoms with Gasteiger partial charge in [-0.25, -0.2) is 0 Å². The number of hydrogen-bond acceptors (Lipinski definition) is 3. The van der Waals surface area contributed by atoms with Crippen LogP contribution in [-0.2, 0) is 16.6 Å². The van der Waals surface area contributed by atoms with Gasteiger partial charge in [-0.15, -0.1) is 0 Å². The van der Waals surface area contributed by atoms with E-state index < -0.39 is 5.41 Å². The predicted molar refractivity (Wildman–Crippen MR) is 140 cm³/mol. The average molecular weight is 510 g/mol. The van der Waals surface area contributed by atoms with Crippen molar-refractivity contribution < 1.29 is 14.3 Å². The van der Waals surface area contributed by atoms with Crippen LogP contribution in [0.3, 0.4) is 0 Å². The fraction of sp³-hybridized carbons (Fsp3) is 0.345. The number of carbonyl (C=O) groups excluding carboxylic acids is 1. The van der Waals surface area contributed by atoms with Crippen molar-refractivity contribution in [2.24, 2.45) is 0 Å². The van der Waals surface area contributed by atoms with Gasteiger partial charge < -0.3 is 14.4 Å². The van der Waals surface area contributed by atoms with Crippen molar-refractivity contribution in [1.82, 2.24) is 4.90 Å². The number of carbonyl (C=O) groups is 1. The summed E-state index contributed by atoms with van der Waals surface area (Å²) in [7, 11) is 3.28. The van der Waals surface area contributed by atoms with E-state index in [1.165, 1.54) is 0 Å². The van der Waals surface area contributed by atoms with Crippen molar-refractivity contribution in [2.75, 3.05) is 20.8 Å². The minimum absolute atomic E-state index is 0.155. The third-order valence-electron chi connectivity index (χ3n) is 7.60. The van der Waals surface area contributed by atoms with Gasteiger partial charge in [0.15, 0.2) is 11.5 Å². The number of nitrogens with zero attached hydrogens (tertiary/aromatic N) is 1. The Labute approximate surface area is 216 Å². The number of fused-ring (bicyclic) bond motifs is 1. The molecule has 0 unspecified atom stereocenters. The lowest BCUT2D eigenvalue weighted by Crippen LogP contribution is -2.49. The van der Waals surface area contributed by atoms with Crippen LogP contribution in [0.1, 0.15) is 54.0 Å². The Bertz CT molecular complexity index is 1240. The summed E-state index contributed by atoms with van der Waals surface area (Å²) in [4.78, 5) is 16.6. The molecule has 1 aliphatic carbocycles. The lowest BCUT2D eigenvalue weighted by molar-refractivity contribution is -0.139. The third-order valence-corrected chi connectivity index (χ3v) is 8.19. The van der Waals surface area contributed by atoms with Crippen molar-refractivity contribution in [3.8, 4) is 11.5 Å². The summed E-state index contributed by atoms with van der Waals surface area (Å²) < 4.78 is 11.2. The molecule has 0 aromatic heterocycles. The largest absolute Gasteiger partial charge is 0.493 e. The molecule has 35 heavy (non-hydrogen) atoms. The van der Waals surface area contributed by atoms with Gasteiger partial charge in [0.2, 0.25) is 5.91 Å². The Hall–Kier alpha value is -2.69. The maximum atomic E-state index is 14.6. The quantitative estimate of drug-likeness (QED) is 0.371. The standard InChI is InChI=1S/C29H29Cl2NO3/c1-34-25-17-19-13-16-32(27(23(19)18-26(25)35-2)22-7-3-4-8-24(22)31)28(33)29(14-5-6-15-29)20-9-11-21(30)12-10-20/h3-4,7-12,17-18,27H,5-6,13-16H2,1-2H3/t27-/m1/s1. The number of amides is 1. The van der Waals surface area contributed by atoms with E-state index in [0.717, 1.165) is 54.4 Å². The first-order chi connectivity index (χ1) is 17.0. The fourth-order valence-corrected chi connectivity index (χ4v) is 6.21. The molecule has 4 nitrogen and oxygen atoms in total. The van der Waals surface area contributed by atoms with Crippen LogP contribution in [0.4, 0.5) is 0 Å². The van der Waals surface area contributed by atoms with Gasteiger partial charge in [-0.3, -0.25) is 4.79 Å². The van der Waals surface area contributed by atoms with Crippen molar-refractivity contribution in [1.29, 1.82) is 0 Å². The van der Waals surface area contributed by atoms with Gasteiger partial charge in [0.1, 0.15) is 0 Å². The molecule has 1 atom stereocenters. The maximum Gasteiger partial charge on any atom is 0.234 e. The highest BCUT2D eigenvalue weighted by Crippen LogP contribution is 2.48. The number of hydrogen-bond donors (Lipinski definition) is 0. The Morgan fingerprint density at radius 1 is 0.914 bits per heavy atom. The second kappa shape index (κ2) is 9.75. The number of halogens is 2. The van der Waals surface area contributed by atoms with Crippen LogP contribution >= 0.6 is 23.2 Å². The highest BCUT2D eigenvalue weighted by molar-refractivity contribution is 6.31. The molecular formula is C29H29Cl2NO3. The summed E-state index contributed by atoms with van der Waals surface area (Å²) in [6.45, 7) is 0.604. The van der Waals surface area contributed by atoms with E-state index in [9.17, 15) is 4.79 Å². The van der Waals surface area contributed by atoms with Crippen molar-refractivity contribution in [2.45, 2.75) is 43.6 Å². The zero-order valence-electron chi connectivity index (χ0n) is 20.0. The van der Waals surface area contributed by atoms with Crippen LogP contribution in [0.15, 0.2) is 60.7 Å².